The van der Waals surface area contributed by atoms with Crippen LogP contribution in [0.15, 0.2) is 71.7 Å². The van der Waals surface area contributed by atoms with Crippen molar-refractivity contribution in [3.05, 3.63) is 99.5 Å². The van der Waals surface area contributed by atoms with Crippen LogP contribution in [0.25, 0.3) is 22.5 Å². The molecular formula is C27H24FN5O. The van der Waals surface area contributed by atoms with Crippen LogP contribution in [0.5, 0.6) is 0 Å². The number of hydrogen-bond acceptors (Lipinski definition) is 5. The lowest BCUT2D eigenvalue weighted by molar-refractivity contribution is 0.221. The van der Waals surface area contributed by atoms with Crippen LogP contribution in [-0.4, -0.2) is 14.5 Å². The fourth-order valence-electron chi connectivity index (χ4n) is 3.82. The summed E-state index contributed by atoms with van der Waals surface area (Å²) in [5, 5.41) is 9.33. The number of nitrogens with zero attached hydrogens (tertiary/aromatic N) is 4. The average molecular weight is 454 g/mol. The van der Waals surface area contributed by atoms with Crippen molar-refractivity contribution in [3.63, 3.8) is 0 Å². The van der Waals surface area contributed by atoms with E-state index in [4.69, 9.17) is 5.73 Å². The summed E-state index contributed by atoms with van der Waals surface area (Å²) in [6.07, 6.45) is 1.68. The number of hydrogen-bond donors (Lipinski definition) is 1. The predicted octanol–water partition coefficient (Wildman–Crippen LogP) is 4.99. The first-order chi connectivity index (χ1) is 16.2. The molecule has 0 radical (unpaired) electrons. The molecule has 34 heavy (non-hydrogen) atoms. The molecule has 0 aliphatic heterocycles. The fourth-order valence-corrected chi connectivity index (χ4v) is 3.82. The Labute approximate surface area is 197 Å². The Kier molecular flexibility index (Phi) is 5.99. The molecule has 0 bridgehead atoms. The van der Waals surface area contributed by atoms with Gasteiger partial charge in [0, 0.05) is 23.4 Å². The van der Waals surface area contributed by atoms with Crippen LogP contribution >= 0.6 is 0 Å². The molecule has 4 aromatic rings. The van der Waals surface area contributed by atoms with Crippen LogP contribution in [0, 0.1) is 18.3 Å². The molecule has 0 saturated carbocycles. The molecule has 0 aliphatic carbocycles. The SMILES string of the molecule is Cc1c(C#N)cccc1-c1cc(-c2ccn(Cc3cccc(C(C)(C)F)c3)c(=O)c2)nc(N)n1. The highest BCUT2D eigenvalue weighted by molar-refractivity contribution is 5.72. The second-order valence-electron chi connectivity index (χ2n) is 8.64. The molecule has 0 spiro atoms. The highest BCUT2D eigenvalue weighted by Gasteiger charge is 2.19. The van der Waals surface area contributed by atoms with E-state index in [1.165, 1.54) is 19.9 Å². The van der Waals surface area contributed by atoms with Gasteiger partial charge in [0.25, 0.3) is 5.56 Å². The molecule has 2 aromatic heterocycles. The zero-order valence-corrected chi connectivity index (χ0v) is 19.2. The normalized spacial score (nSPS) is 11.3. The van der Waals surface area contributed by atoms with E-state index in [2.05, 4.69) is 16.0 Å². The van der Waals surface area contributed by atoms with Gasteiger partial charge in [0.1, 0.15) is 5.67 Å². The Morgan fingerprint density at radius 2 is 1.79 bits per heavy atom. The maximum absolute atomic E-state index is 14.3. The second kappa shape index (κ2) is 8.91. The van der Waals surface area contributed by atoms with Crippen molar-refractivity contribution in [2.75, 3.05) is 5.73 Å². The van der Waals surface area contributed by atoms with E-state index in [0.29, 0.717) is 34.6 Å². The third kappa shape index (κ3) is 4.71. The van der Waals surface area contributed by atoms with Gasteiger partial charge >= 0.3 is 0 Å². The number of nitriles is 1. The summed E-state index contributed by atoms with van der Waals surface area (Å²) < 4.78 is 15.9. The largest absolute Gasteiger partial charge is 0.368 e. The van der Waals surface area contributed by atoms with Crippen molar-refractivity contribution < 1.29 is 4.39 Å². The van der Waals surface area contributed by atoms with Gasteiger partial charge in [0.05, 0.1) is 29.6 Å². The number of nitrogen functional groups attached to an aromatic ring is 1. The van der Waals surface area contributed by atoms with Crippen LogP contribution < -0.4 is 11.3 Å². The van der Waals surface area contributed by atoms with Crippen molar-refractivity contribution in [1.29, 1.82) is 5.26 Å². The Bertz CT molecular complexity index is 1480. The van der Waals surface area contributed by atoms with Gasteiger partial charge in [-0.25, -0.2) is 14.4 Å². The standard InChI is InChI=1S/C27H24FN5O/c1-17-20(15-29)7-5-9-22(17)24-14-23(31-26(30)32-24)19-10-11-33(25(34)13-19)16-18-6-4-8-21(12-18)27(2,3)28/h4-14H,16H2,1-3H3,(H2,30,31,32). The first kappa shape index (κ1) is 22.9. The Hall–Kier alpha value is -4.31. The molecule has 7 heteroatoms. The maximum Gasteiger partial charge on any atom is 0.251 e. The van der Waals surface area contributed by atoms with Crippen LogP contribution in [0.4, 0.5) is 10.3 Å². The Morgan fingerprint density at radius 3 is 2.50 bits per heavy atom. The predicted molar refractivity (Wildman–Crippen MR) is 131 cm³/mol. The Morgan fingerprint density at radius 1 is 1.06 bits per heavy atom. The molecule has 4 rings (SSSR count). The van der Waals surface area contributed by atoms with Crippen molar-refractivity contribution in [3.8, 4) is 28.6 Å². The zero-order chi connectivity index (χ0) is 24.5. The van der Waals surface area contributed by atoms with Gasteiger partial charge in [-0.15, -0.1) is 0 Å². The third-order valence-electron chi connectivity index (χ3n) is 5.73. The van der Waals surface area contributed by atoms with E-state index in [9.17, 15) is 14.4 Å². The fraction of sp³-hybridized carbons (Fsp3) is 0.185. The minimum atomic E-state index is -1.46. The summed E-state index contributed by atoms with van der Waals surface area (Å²) in [5.41, 5.74) is 9.51. The van der Waals surface area contributed by atoms with Crippen LogP contribution in [-0.2, 0) is 12.2 Å². The van der Waals surface area contributed by atoms with E-state index in [-0.39, 0.29) is 11.5 Å². The first-order valence-corrected chi connectivity index (χ1v) is 10.8. The molecule has 0 saturated heterocycles. The van der Waals surface area contributed by atoms with E-state index in [1.807, 2.05) is 19.1 Å². The van der Waals surface area contributed by atoms with Gasteiger partial charge in [-0.1, -0.05) is 36.4 Å². The number of alkyl halides is 1. The summed E-state index contributed by atoms with van der Waals surface area (Å²) in [5.74, 6) is 0.0732. The van der Waals surface area contributed by atoms with Crippen molar-refractivity contribution >= 4 is 5.95 Å². The maximum atomic E-state index is 14.3. The lowest BCUT2D eigenvalue weighted by Gasteiger charge is -2.16. The highest BCUT2D eigenvalue weighted by atomic mass is 19.1. The topological polar surface area (TPSA) is 97.6 Å². The van der Waals surface area contributed by atoms with Crippen LogP contribution in [0.3, 0.4) is 0 Å². The molecule has 2 heterocycles. The minimum Gasteiger partial charge on any atom is -0.368 e. The number of nitrogens with two attached hydrogens (primary N) is 1. The average Bonchev–Trinajstić information content (AvgIpc) is 2.80. The first-order valence-electron chi connectivity index (χ1n) is 10.8. The van der Waals surface area contributed by atoms with Crippen molar-refractivity contribution in [2.24, 2.45) is 0 Å². The summed E-state index contributed by atoms with van der Waals surface area (Å²) >= 11 is 0. The van der Waals surface area contributed by atoms with E-state index < -0.39 is 5.67 Å². The van der Waals surface area contributed by atoms with E-state index >= 15 is 0 Å². The summed E-state index contributed by atoms with van der Waals surface area (Å²) in [6.45, 7) is 5.19. The smallest absolute Gasteiger partial charge is 0.251 e. The van der Waals surface area contributed by atoms with Crippen molar-refractivity contribution in [2.45, 2.75) is 33.0 Å². The van der Waals surface area contributed by atoms with Gasteiger partial charge in [0.2, 0.25) is 5.95 Å². The quantitative estimate of drug-likeness (QED) is 0.459. The summed E-state index contributed by atoms with van der Waals surface area (Å²) in [4.78, 5) is 21.5. The van der Waals surface area contributed by atoms with Gasteiger partial charge in [-0.05, 0) is 55.7 Å². The highest BCUT2D eigenvalue weighted by Crippen LogP contribution is 2.28. The number of benzene rings is 2. The minimum absolute atomic E-state index is 0.0732. The molecule has 2 aromatic carbocycles. The molecule has 170 valence electrons. The van der Waals surface area contributed by atoms with Crippen LogP contribution in [0.1, 0.15) is 36.1 Å². The number of pyridine rings is 1. The van der Waals surface area contributed by atoms with Crippen LogP contribution in [0.2, 0.25) is 0 Å². The number of rotatable bonds is 5. The van der Waals surface area contributed by atoms with Crippen molar-refractivity contribution in [1.82, 2.24) is 14.5 Å². The number of anilines is 1. The monoisotopic (exact) mass is 453 g/mol. The molecule has 0 unspecified atom stereocenters. The van der Waals surface area contributed by atoms with Gasteiger partial charge in [-0.2, -0.15) is 5.26 Å². The van der Waals surface area contributed by atoms with E-state index in [1.54, 1.807) is 53.2 Å². The van der Waals surface area contributed by atoms with Gasteiger partial charge < -0.3 is 10.3 Å². The summed E-state index contributed by atoms with van der Waals surface area (Å²) in [6, 6.07) is 19.8. The van der Waals surface area contributed by atoms with E-state index in [0.717, 1.165) is 16.7 Å². The van der Waals surface area contributed by atoms with Gasteiger partial charge in [0.15, 0.2) is 0 Å². The summed E-state index contributed by atoms with van der Waals surface area (Å²) in [7, 11) is 0. The molecule has 0 atom stereocenters. The lowest BCUT2D eigenvalue weighted by Crippen LogP contribution is -2.19. The molecule has 2 N–H and O–H groups in total. The molecule has 0 fully saturated rings. The molecule has 0 amide bonds. The molecule has 6 nitrogen and oxygen atoms in total. The molecule has 0 aliphatic rings. The number of aromatic nitrogens is 3. The Balaban J connectivity index is 1.68. The lowest BCUT2D eigenvalue weighted by atomic mass is 9.98. The third-order valence-corrected chi connectivity index (χ3v) is 5.73. The molecular weight excluding hydrogens is 429 g/mol. The second-order valence-corrected chi connectivity index (χ2v) is 8.64. The number of halogens is 1. The van der Waals surface area contributed by atoms with Gasteiger partial charge in [-0.3, -0.25) is 4.79 Å². The zero-order valence-electron chi connectivity index (χ0n) is 19.2.